The maximum Gasteiger partial charge on any atom is 0.255 e. The van der Waals surface area contributed by atoms with Crippen LogP contribution in [0.2, 0.25) is 0 Å². The number of aromatic nitrogens is 3. The van der Waals surface area contributed by atoms with Gasteiger partial charge in [0.25, 0.3) is 11.8 Å². The van der Waals surface area contributed by atoms with Gasteiger partial charge in [0.2, 0.25) is 0 Å². The molecule has 4 N–H and O–H groups in total. The number of benzene rings is 2. The SMILES string of the molecule is CC(O)C(=O)N1CC(c2nn(-c3ccc(C(=O)Nc4cccc(OC5CC5)c4)cc3)c3c(N)nccc23)CCC1C. The third kappa shape index (κ3) is 5.47. The summed E-state index contributed by atoms with van der Waals surface area (Å²) in [5.41, 5.74) is 9.76. The molecule has 10 heteroatoms. The van der Waals surface area contributed by atoms with Crippen LogP contribution in [0.5, 0.6) is 5.75 Å². The Morgan fingerprint density at radius 3 is 2.61 bits per heavy atom. The number of nitrogens with zero attached hydrogens (tertiary/aromatic N) is 4. The van der Waals surface area contributed by atoms with E-state index in [1.54, 1.807) is 27.9 Å². The molecule has 1 aliphatic carbocycles. The monoisotopic (exact) mass is 554 g/mol. The van der Waals surface area contributed by atoms with Gasteiger partial charge in [-0.15, -0.1) is 0 Å². The minimum atomic E-state index is -1.05. The smallest absolute Gasteiger partial charge is 0.255 e. The summed E-state index contributed by atoms with van der Waals surface area (Å²) in [6.07, 6.45) is 4.68. The van der Waals surface area contributed by atoms with Gasteiger partial charge in [0.15, 0.2) is 0 Å². The highest BCUT2D eigenvalue weighted by Gasteiger charge is 2.34. The molecule has 41 heavy (non-hydrogen) atoms. The number of aliphatic hydroxyl groups excluding tert-OH is 1. The highest BCUT2D eigenvalue weighted by molar-refractivity contribution is 6.04. The molecule has 6 rings (SSSR count). The number of carbonyl (C=O) groups is 2. The number of nitrogens with one attached hydrogen (secondary N) is 1. The van der Waals surface area contributed by atoms with E-state index in [0.29, 0.717) is 29.1 Å². The van der Waals surface area contributed by atoms with Crippen LogP contribution in [0.1, 0.15) is 61.5 Å². The van der Waals surface area contributed by atoms with Gasteiger partial charge < -0.3 is 25.8 Å². The predicted octanol–water partition coefficient (Wildman–Crippen LogP) is 4.27. The third-order valence-corrected chi connectivity index (χ3v) is 7.85. The lowest BCUT2D eigenvalue weighted by atomic mass is 9.89. The number of aliphatic hydroxyl groups is 1. The summed E-state index contributed by atoms with van der Waals surface area (Å²) in [6, 6.07) is 16.5. The summed E-state index contributed by atoms with van der Waals surface area (Å²) in [6.45, 7) is 3.97. The largest absolute Gasteiger partial charge is 0.490 e. The number of pyridine rings is 1. The van der Waals surface area contributed by atoms with Crippen molar-refractivity contribution in [2.24, 2.45) is 0 Å². The molecule has 3 heterocycles. The number of hydrogen-bond acceptors (Lipinski definition) is 7. The fraction of sp³-hybridized carbons (Fsp3) is 0.355. The van der Waals surface area contributed by atoms with Gasteiger partial charge in [-0.2, -0.15) is 5.10 Å². The Hall–Kier alpha value is -4.44. The average Bonchev–Trinajstić information content (AvgIpc) is 3.69. The normalized spacial score (nSPS) is 19.6. The molecule has 1 saturated carbocycles. The fourth-order valence-electron chi connectivity index (χ4n) is 5.46. The summed E-state index contributed by atoms with van der Waals surface area (Å²) in [5.74, 6) is 0.565. The molecule has 2 aliphatic rings. The van der Waals surface area contributed by atoms with Gasteiger partial charge in [-0.25, -0.2) is 9.67 Å². The van der Waals surface area contributed by atoms with E-state index < -0.39 is 6.10 Å². The van der Waals surface area contributed by atoms with E-state index in [4.69, 9.17) is 15.6 Å². The lowest BCUT2D eigenvalue weighted by Crippen LogP contribution is -2.48. The number of rotatable bonds is 7. The maximum absolute atomic E-state index is 13.0. The van der Waals surface area contributed by atoms with Crippen LogP contribution in [0.25, 0.3) is 16.6 Å². The van der Waals surface area contributed by atoms with Crippen molar-refractivity contribution >= 4 is 34.2 Å². The lowest BCUT2D eigenvalue weighted by Gasteiger charge is -2.38. The van der Waals surface area contributed by atoms with E-state index in [9.17, 15) is 14.7 Å². The van der Waals surface area contributed by atoms with Crippen LogP contribution >= 0.6 is 0 Å². The zero-order valence-electron chi connectivity index (χ0n) is 23.2. The van der Waals surface area contributed by atoms with Crippen molar-refractivity contribution in [3.8, 4) is 11.4 Å². The first-order valence-corrected chi connectivity index (χ1v) is 14.1. The predicted molar refractivity (Wildman–Crippen MR) is 156 cm³/mol. The topological polar surface area (TPSA) is 136 Å². The molecular formula is C31H34N6O4. The molecule has 0 spiro atoms. The summed E-state index contributed by atoms with van der Waals surface area (Å²) < 4.78 is 7.59. The number of hydrogen-bond donors (Lipinski definition) is 3. The summed E-state index contributed by atoms with van der Waals surface area (Å²) in [4.78, 5) is 31.7. The third-order valence-electron chi connectivity index (χ3n) is 7.85. The van der Waals surface area contributed by atoms with Crippen LogP contribution < -0.4 is 15.8 Å². The van der Waals surface area contributed by atoms with Crippen molar-refractivity contribution in [3.05, 3.63) is 72.1 Å². The summed E-state index contributed by atoms with van der Waals surface area (Å²) >= 11 is 0. The summed E-state index contributed by atoms with van der Waals surface area (Å²) in [5, 5.41) is 18.7. The minimum absolute atomic E-state index is 0.0239. The second-order valence-electron chi connectivity index (χ2n) is 11.0. The molecule has 2 aromatic carbocycles. The number of likely N-dealkylation sites (tertiary alicyclic amines) is 1. The highest BCUT2D eigenvalue weighted by Crippen LogP contribution is 2.36. The van der Waals surface area contributed by atoms with Gasteiger partial charge in [0.1, 0.15) is 23.2 Å². The van der Waals surface area contributed by atoms with Crippen LogP contribution in [0.15, 0.2) is 60.8 Å². The number of ether oxygens (including phenoxy) is 1. The molecule has 0 radical (unpaired) electrons. The number of nitrogen functional groups attached to an aromatic ring is 1. The second-order valence-corrected chi connectivity index (χ2v) is 11.0. The molecule has 2 amide bonds. The Labute approximate surface area is 238 Å². The molecule has 4 aromatic rings. The molecule has 3 unspecified atom stereocenters. The quantitative estimate of drug-likeness (QED) is 0.310. The Balaban J connectivity index is 1.26. The van der Waals surface area contributed by atoms with Crippen molar-refractivity contribution in [2.75, 3.05) is 17.6 Å². The fourth-order valence-corrected chi connectivity index (χ4v) is 5.46. The average molecular weight is 555 g/mol. The Morgan fingerprint density at radius 2 is 1.88 bits per heavy atom. The molecule has 0 bridgehead atoms. The van der Waals surface area contributed by atoms with Crippen LogP contribution in [-0.2, 0) is 4.79 Å². The van der Waals surface area contributed by atoms with Crippen LogP contribution in [0.3, 0.4) is 0 Å². The molecule has 1 aliphatic heterocycles. The van der Waals surface area contributed by atoms with E-state index in [-0.39, 0.29) is 29.9 Å². The van der Waals surface area contributed by atoms with Gasteiger partial charge in [-0.3, -0.25) is 9.59 Å². The number of piperidine rings is 1. The van der Waals surface area contributed by atoms with E-state index in [1.165, 1.54) is 6.92 Å². The lowest BCUT2D eigenvalue weighted by molar-refractivity contribution is -0.143. The number of nitrogens with two attached hydrogens (primary N) is 1. The Kier molecular flexibility index (Phi) is 7.08. The van der Waals surface area contributed by atoms with Gasteiger partial charge in [0, 0.05) is 47.4 Å². The molecular weight excluding hydrogens is 520 g/mol. The van der Waals surface area contributed by atoms with Crippen LogP contribution in [0.4, 0.5) is 11.5 Å². The molecule has 10 nitrogen and oxygen atoms in total. The zero-order chi connectivity index (χ0) is 28.7. The number of fused-ring (bicyclic) bond motifs is 1. The molecule has 1 saturated heterocycles. The Morgan fingerprint density at radius 1 is 1.10 bits per heavy atom. The van der Waals surface area contributed by atoms with Crippen molar-refractivity contribution in [2.45, 2.75) is 63.7 Å². The molecule has 2 aromatic heterocycles. The van der Waals surface area contributed by atoms with E-state index >= 15 is 0 Å². The van der Waals surface area contributed by atoms with Gasteiger partial charge >= 0.3 is 0 Å². The molecule has 2 fully saturated rings. The van der Waals surface area contributed by atoms with Gasteiger partial charge in [-0.1, -0.05) is 6.07 Å². The van der Waals surface area contributed by atoms with Gasteiger partial charge in [-0.05, 0) is 82.0 Å². The van der Waals surface area contributed by atoms with Crippen LogP contribution in [-0.4, -0.2) is 61.4 Å². The van der Waals surface area contributed by atoms with Crippen molar-refractivity contribution in [1.29, 1.82) is 0 Å². The summed E-state index contributed by atoms with van der Waals surface area (Å²) in [7, 11) is 0. The van der Waals surface area contributed by atoms with Crippen molar-refractivity contribution in [3.63, 3.8) is 0 Å². The number of amides is 2. The number of carbonyl (C=O) groups excluding carboxylic acids is 2. The first kappa shape index (κ1) is 26.8. The maximum atomic E-state index is 13.0. The Bertz CT molecular complexity index is 1590. The number of anilines is 2. The van der Waals surface area contributed by atoms with E-state index in [0.717, 1.165) is 48.2 Å². The first-order chi connectivity index (χ1) is 19.8. The molecule has 3 atom stereocenters. The first-order valence-electron chi connectivity index (χ1n) is 14.1. The molecule has 212 valence electrons. The standard InChI is InChI=1S/C31H34N6O4/c1-18-6-7-21(17-36(18)31(40)19(2)38)27-26-14-15-33-29(32)28(26)37(35-27)23-10-8-20(9-11-23)30(39)34-22-4-3-5-25(16-22)41-24-12-13-24/h3-5,8-11,14-16,18-19,21,24,38H,6-7,12-13,17H2,1-2H3,(H2,32,33)(H,34,39). The van der Waals surface area contributed by atoms with Crippen molar-refractivity contribution < 1.29 is 19.4 Å². The minimum Gasteiger partial charge on any atom is -0.490 e. The zero-order valence-corrected chi connectivity index (χ0v) is 23.2. The van der Waals surface area contributed by atoms with Crippen molar-refractivity contribution in [1.82, 2.24) is 19.7 Å². The second kappa shape index (κ2) is 10.9. The van der Waals surface area contributed by atoms with E-state index in [1.807, 2.05) is 49.4 Å². The van der Waals surface area contributed by atoms with E-state index in [2.05, 4.69) is 10.3 Å². The van der Waals surface area contributed by atoms with Gasteiger partial charge in [0.05, 0.1) is 17.5 Å². The van der Waals surface area contributed by atoms with Crippen LogP contribution in [0, 0.1) is 0 Å². The highest BCUT2D eigenvalue weighted by atomic mass is 16.5.